The summed E-state index contributed by atoms with van der Waals surface area (Å²) < 4.78 is 0. The Kier molecular flexibility index (Phi) is 2.34. The zero-order chi connectivity index (χ0) is 12.8. The molecule has 0 N–H and O–H groups in total. The minimum Gasteiger partial charge on any atom is -0.293 e. The second kappa shape index (κ2) is 4.06. The topological polar surface area (TPSA) is 17.1 Å². The van der Waals surface area contributed by atoms with Crippen LogP contribution < -0.4 is 0 Å². The minimum absolute atomic E-state index is 0.0330. The van der Waals surface area contributed by atoms with Crippen molar-refractivity contribution in [2.45, 2.75) is 31.1 Å². The predicted molar refractivity (Wildman–Crippen MR) is 75.6 cm³/mol. The van der Waals surface area contributed by atoms with E-state index in [4.69, 9.17) is 0 Å². The van der Waals surface area contributed by atoms with E-state index < -0.39 is 0 Å². The van der Waals surface area contributed by atoms with E-state index in [1.165, 1.54) is 29.5 Å². The second-order valence-corrected chi connectivity index (χ2v) is 5.72. The molecule has 1 heteroatoms. The maximum absolute atomic E-state index is 12.4. The van der Waals surface area contributed by atoms with Crippen molar-refractivity contribution in [2.75, 3.05) is 0 Å². The lowest BCUT2D eigenvalue weighted by molar-refractivity contribution is 0.0973. The van der Waals surface area contributed by atoms with Crippen LogP contribution in [0.1, 0.15) is 51.7 Å². The van der Waals surface area contributed by atoms with Crippen LogP contribution >= 0.6 is 0 Å². The number of carbonyl (C=O) groups excluding carboxylic acids is 1. The van der Waals surface area contributed by atoms with Crippen LogP contribution in [0.4, 0.5) is 0 Å². The molecule has 1 fully saturated rings. The van der Waals surface area contributed by atoms with Crippen LogP contribution in [0.3, 0.4) is 0 Å². The first-order chi connectivity index (χ1) is 9.33. The zero-order valence-electron chi connectivity index (χ0n) is 10.8. The summed E-state index contributed by atoms with van der Waals surface area (Å²) in [6.45, 7) is 0. The van der Waals surface area contributed by atoms with Crippen molar-refractivity contribution in [3.8, 4) is 0 Å². The van der Waals surface area contributed by atoms with Crippen molar-refractivity contribution in [1.29, 1.82) is 0 Å². The third-order valence-electron chi connectivity index (χ3n) is 4.41. The second-order valence-electron chi connectivity index (χ2n) is 5.72. The summed E-state index contributed by atoms with van der Waals surface area (Å²) in [4.78, 5) is 12.4. The highest BCUT2D eigenvalue weighted by Crippen LogP contribution is 2.41. The van der Waals surface area contributed by atoms with E-state index in [0.717, 1.165) is 17.9 Å². The number of rotatable bonds is 2. The highest BCUT2D eigenvalue weighted by Gasteiger charge is 2.31. The highest BCUT2D eigenvalue weighted by molar-refractivity contribution is 6.05. The van der Waals surface area contributed by atoms with E-state index in [1.54, 1.807) is 0 Å². The van der Waals surface area contributed by atoms with Crippen molar-refractivity contribution in [3.05, 3.63) is 70.8 Å². The third-order valence-corrected chi connectivity index (χ3v) is 4.41. The van der Waals surface area contributed by atoms with Crippen LogP contribution in [0.5, 0.6) is 0 Å². The number of benzene rings is 2. The summed E-state index contributed by atoms with van der Waals surface area (Å²) >= 11 is 0. The van der Waals surface area contributed by atoms with Crippen molar-refractivity contribution in [3.63, 3.8) is 0 Å². The molecule has 4 rings (SSSR count). The smallest absolute Gasteiger partial charge is 0.170 e. The monoisotopic (exact) mass is 248 g/mol. The van der Waals surface area contributed by atoms with Crippen LogP contribution in [0.2, 0.25) is 0 Å². The molecule has 0 spiro atoms. The van der Waals surface area contributed by atoms with Crippen molar-refractivity contribution < 1.29 is 4.79 Å². The van der Waals surface area contributed by atoms with Crippen LogP contribution in [-0.4, -0.2) is 5.78 Å². The van der Waals surface area contributed by atoms with E-state index in [2.05, 4.69) is 30.3 Å². The van der Waals surface area contributed by atoms with E-state index in [9.17, 15) is 4.79 Å². The van der Waals surface area contributed by atoms with E-state index in [0.29, 0.717) is 0 Å². The number of hydrogen-bond acceptors (Lipinski definition) is 1. The molecule has 0 aromatic heterocycles. The predicted octanol–water partition coefficient (Wildman–Crippen LogP) is 4.09. The standard InChI is InChI=1S/C18H16O/c19-18-16-4-2-1-3-15(16)11-17(18)14-9-7-13(8-10-14)12-5-6-12/h1-4,7-10,12,17H,5-6,11H2. The minimum atomic E-state index is 0.0330. The van der Waals surface area contributed by atoms with Crippen LogP contribution in [0.25, 0.3) is 0 Å². The Morgan fingerprint density at radius 2 is 1.53 bits per heavy atom. The first kappa shape index (κ1) is 11.0. The third kappa shape index (κ3) is 1.81. The van der Waals surface area contributed by atoms with Gasteiger partial charge in [0, 0.05) is 5.56 Å². The summed E-state index contributed by atoms with van der Waals surface area (Å²) in [5.74, 6) is 1.10. The zero-order valence-corrected chi connectivity index (χ0v) is 10.8. The number of carbonyl (C=O) groups is 1. The van der Waals surface area contributed by atoms with Gasteiger partial charge in [0.15, 0.2) is 5.78 Å². The van der Waals surface area contributed by atoms with Gasteiger partial charge in [0.2, 0.25) is 0 Å². The number of ketones is 1. The van der Waals surface area contributed by atoms with Crippen molar-refractivity contribution in [1.82, 2.24) is 0 Å². The summed E-state index contributed by atoms with van der Waals surface area (Å²) in [6, 6.07) is 16.7. The average Bonchev–Trinajstić information content (AvgIpc) is 3.25. The first-order valence-corrected chi connectivity index (χ1v) is 7.05. The molecule has 1 unspecified atom stereocenters. The number of hydrogen-bond donors (Lipinski definition) is 0. The molecule has 2 aromatic rings. The Hall–Kier alpha value is -1.89. The van der Waals surface area contributed by atoms with Crippen molar-refractivity contribution in [2.24, 2.45) is 0 Å². The molecule has 0 bridgehead atoms. The molecule has 19 heavy (non-hydrogen) atoms. The largest absolute Gasteiger partial charge is 0.293 e. The Morgan fingerprint density at radius 3 is 2.21 bits per heavy atom. The molecular formula is C18H16O. The molecule has 1 atom stereocenters. The molecule has 1 nitrogen and oxygen atoms in total. The van der Waals surface area contributed by atoms with E-state index in [1.807, 2.05) is 18.2 Å². The number of Topliss-reactive ketones (excluding diaryl/α,β-unsaturated/α-hetero) is 1. The van der Waals surface area contributed by atoms with Gasteiger partial charge in [-0.1, -0.05) is 48.5 Å². The maximum Gasteiger partial charge on any atom is 0.170 e. The summed E-state index contributed by atoms with van der Waals surface area (Å²) in [5.41, 5.74) is 4.72. The van der Waals surface area contributed by atoms with Gasteiger partial charge in [-0.2, -0.15) is 0 Å². The van der Waals surface area contributed by atoms with Crippen LogP contribution in [0.15, 0.2) is 48.5 Å². The molecular weight excluding hydrogens is 232 g/mol. The Morgan fingerprint density at radius 1 is 0.842 bits per heavy atom. The van der Waals surface area contributed by atoms with Gasteiger partial charge in [-0.3, -0.25) is 4.79 Å². The van der Waals surface area contributed by atoms with E-state index >= 15 is 0 Å². The molecule has 0 heterocycles. The lowest BCUT2D eigenvalue weighted by Crippen LogP contribution is -2.06. The van der Waals surface area contributed by atoms with Crippen LogP contribution in [0, 0.1) is 0 Å². The van der Waals surface area contributed by atoms with Gasteiger partial charge in [0.25, 0.3) is 0 Å². The fourth-order valence-corrected chi connectivity index (χ4v) is 3.13. The Labute approximate surface area is 113 Å². The molecule has 0 saturated heterocycles. The van der Waals surface area contributed by atoms with Gasteiger partial charge < -0.3 is 0 Å². The quantitative estimate of drug-likeness (QED) is 0.782. The molecule has 0 aliphatic heterocycles. The Bertz CT molecular complexity index is 635. The van der Waals surface area contributed by atoms with Gasteiger partial charge in [-0.15, -0.1) is 0 Å². The molecule has 2 aliphatic rings. The molecule has 0 amide bonds. The maximum atomic E-state index is 12.4. The molecule has 2 aromatic carbocycles. The van der Waals surface area contributed by atoms with Gasteiger partial charge >= 0.3 is 0 Å². The number of fused-ring (bicyclic) bond motifs is 1. The highest BCUT2D eigenvalue weighted by atomic mass is 16.1. The fourth-order valence-electron chi connectivity index (χ4n) is 3.13. The Balaban J connectivity index is 1.65. The van der Waals surface area contributed by atoms with Gasteiger partial charge in [0.1, 0.15) is 0 Å². The normalized spacial score (nSPS) is 21.5. The lowest BCUT2D eigenvalue weighted by Gasteiger charge is -2.09. The van der Waals surface area contributed by atoms with Crippen LogP contribution in [-0.2, 0) is 6.42 Å². The molecule has 94 valence electrons. The fraction of sp³-hybridized carbons (Fsp3) is 0.278. The SMILES string of the molecule is O=C1c2ccccc2CC1c1ccc(C2CC2)cc1. The summed E-state index contributed by atoms with van der Waals surface area (Å²) in [5, 5.41) is 0. The van der Waals surface area contributed by atoms with E-state index in [-0.39, 0.29) is 11.7 Å². The molecule has 0 radical (unpaired) electrons. The summed E-state index contributed by atoms with van der Waals surface area (Å²) in [6.07, 6.45) is 3.51. The average molecular weight is 248 g/mol. The summed E-state index contributed by atoms with van der Waals surface area (Å²) in [7, 11) is 0. The molecule has 2 aliphatic carbocycles. The van der Waals surface area contributed by atoms with Gasteiger partial charge in [-0.25, -0.2) is 0 Å². The van der Waals surface area contributed by atoms with Crippen molar-refractivity contribution >= 4 is 5.78 Å². The van der Waals surface area contributed by atoms with Gasteiger partial charge in [-0.05, 0) is 41.9 Å². The van der Waals surface area contributed by atoms with Gasteiger partial charge in [0.05, 0.1) is 5.92 Å². The molecule has 1 saturated carbocycles. The lowest BCUT2D eigenvalue weighted by atomic mass is 9.94. The first-order valence-electron chi connectivity index (χ1n) is 7.05.